The average Bonchev–Trinajstić information content (AvgIpc) is 3.30. The van der Waals surface area contributed by atoms with E-state index in [2.05, 4.69) is 5.32 Å². The van der Waals surface area contributed by atoms with Gasteiger partial charge in [0.25, 0.3) is 5.91 Å². The SMILES string of the molecule is C[C@H](NC(=O)c1ccccc1N(C)C(=O)C1CC1)C(=O)O. The number of rotatable bonds is 5. The Morgan fingerprint density at radius 2 is 1.90 bits per heavy atom. The second-order valence-corrected chi connectivity index (χ2v) is 5.22. The summed E-state index contributed by atoms with van der Waals surface area (Å²) in [5, 5.41) is 11.2. The van der Waals surface area contributed by atoms with Crippen LogP contribution in [0, 0.1) is 5.92 Å². The van der Waals surface area contributed by atoms with Crippen molar-refractivity contribution in [2.45, 2.75) is 25.8 Å². The molecular formula is C15H18N2O4. The number of hydrogen-bond acceptors (Lipinski definition) is 3. The Morgan fingerprint density at radius 3 is 2.48 bits per heavy atom. The zero-order chi connectivity index (χ0) is 15.6. The first-order valence-electron chi connectivity index (χ1n) is 6.82. The summed E-state index contributed by atoms with van der Waals surface area (Å²) in [5.41, 5.74) is 0.784. The Hall–Kier alpha value is -2.37. The van der Waals surface area contributed by atoms with Crippen LogP contribution in [0.15, 0.2) is 24.3 Å². The fraction of sp³-hybridized carbons (Fsp3) is 0.400. The molecule has 1 aromatic rings. The van der Waals surface area contributed by atoms with Crippen LogP contribution in [0.5, 0.6) is 0 Å². The van der Waals surface area contributed by atoms with Gasteiger partial charge in [-0.25, -0.2) is 0 Å². The first-order chi connectivity index (χ1) is 9.91. The molecule has 1 fully saturated rings. The highest BCUT2D eigenvalue weighted by Crippen LogP contribution is 2.33. The molecule has 0 saturated heterocycles. The Morgan fingerprint density at radius 1 is 1.29 bits per heavy atom. The summed E-state index contributed by atoms with van der Waals surface area (Å²) in [6, 6.07) is 5.69. The van der Waals surface area contributed by atoms with Gasteiger partial charge in [-0.05, 0) is 31.9 Å². The number of carboxylic acids is 1. The highest BCUT2D eigenvalue weighted by molar-refractivity contribution is 6.06. The van der Waals surface area contributed by atoms with Crippen LogP contribution in [0.4, 0.5) is 5.69 Å². The lowest BCUT2D eigenvalue weighted by atomic mass is 10.1. The molecule has 1 atom stereocenters. The van der Waals surface area contributed by atoms with Gasteiger partial charge >= 0.3 is 5.97 Å². The van der Waals surface area contributed by atoms with E-state index < -0.39 is 17.9 Å². The number of amides is 2. The maximum atomic E-state index is 12.2. The number of nitrogens with zero attached hydrogens (tertiary/aromatic N) is 1. The van der Waals surface area contributed by atoms with Crippen LogP contribution in [-0.4, -0.2) is 36.0 Å². The van der Waals surface area contributed by atoms with Gasteiger partial charge < -0.3 is 15.3 Å². The third kappa shape index (κ3) is 3.39. The van der Waals surface area contributed by atoms with E-state index in [1.165, 1.54) is 11.8 Å². The smallest absolute Gasteiger partial charge is 0.325 e. The molecule has 1 aliphatic carbocycles. The zero-order valence-electron chi connectivity index (χ0n) is 12.0. The molecule has 0 spiro atoms. The molecule has 2 N–H and O–H groups in total. The van der Waals surface area contributed by atoms with Crippen LogP contribution in [-0.2, 0) is 9.59 Å². The van der Waals surface area contributed by atoms with Gasteiger partial charge in [0, 0.05) is 13.0 Å². The van der Waals surface area contributed by atoms with Crippen LogP contribution in [0.2, 0.25) is 0 Å². The summed E-state index contributed by atoms with van der Waals surface area (Å²) in [6.45, 7) is 1.39. The monoisotopic (exact) mass is 290 g/mol. The van der Waals surface area contributed by atoms with Crippen LogP contribution in [0.3, 0.4) is 0 Å². The van der Waals surface area contributed by atoms with Crippen molar-refractivity contribution >= 4 is 23.5 Å². The number of hydrogen-bond donors (Lipinski definition) is 2. The summed E-state index contributed by atoms with van der Waals surface area (Å²) in [6.07, 6.45) is 1.77. The maximum absolute atomic E-state index is 12.2. The first kappa shape index (κ1) is 15.0. The minimum Gasteiger partial charge on any atom is -0.480 e. The van der Waals surface area contributed by atoms with E-state index in [9.17, 15) is 14.4 Å². The molecule has 0 aromatic heterocycles. The van der Waals surface area contributed by atoms with E-state index in [1.807, 2.05) is 0 Å². The first-order valence-corrected chi connectivity index (χ1v) is 6.82. The van der Waals surface area contributed by atoms with Crippen molar-refractivity contribution in [3.8, 4) is 0 Å². The van der Waals surface area contributed by atoms with Crippen molar-refractivity contribution in [1.82, 2.24) is 5.32 Å². The summed E-state index contributed by atoms with van der Waals surface area (Å²) in [7, 11) is 1.63. The Balaban J connectivity index is 2.21. The molecule has 112 valence electrons. The van der Waals surface area contributed by atoms with Gasteiger partial charge in [0.2, 0.25) is 5.91 Å². The third-order valence-corrected chi connectivity index (χ3v) is 3.49. The molecule has 0 unspecified atom stereocenters. The lowest BCUT2D eigenvalue weighted by Gasteiger charge is -2.21. The minimum absolute atomic E-state index is 0.0125. The van der Waals surface area contributed by atoms with Crippen LogP contribution in [0.25, 0.3) is 0 Å². The summed E-state index contributed by atoms with van der Waals surface area (Å²) in [4.78, 5) is 36.6. The van der Waals surface area contributed by atoms with E-state index in [1.54, 1.807) is 31.3 Å². The highest BCUT2D eigenvalue weighted by Gasteiger charge is 2.33. The predicted octanol–water partition coefficient (Wildman–Crippen LogP) is 1.26. The summed E-state index contributed by atoms with van der Waals surface area (Å²) >= 11 is 0. The molecule has 0 radical (unpaired) electrons. The molecule has 2 rings (SSSR count). The van der Waals surface area contributed by atoms with Crippen LogP contribution >= 0.6 is 0 Å². The van der Waals surface area contributed by atoms with E-state index in [0.29, 0.717) is 11.3 Å². The Labute approximate surface area is 122 Å². The molecule has 1 saturated carbocycles. The normalized spacial score (nSPS) is 15.1. The third-order valence-electron chi connectivity index (χ3n) is 3.49. The number of carbonyl (C=O) groups is 3. The summed E-state index contributed by atoms with van der Waals surface area (Å²) < 4.78 is 0. The molecule has 6 heteroatoms. The summed E-state index contributed by atoms with van der Waals surface area (Å²) in [5.74, 6) is -1.58. The van der Waals surface area contributed by atoms with Crippen molar-refractivity contribution in [1.29, 1.82) is 0 Å². The predicted molar refractivity (Wildman–Crippen MR) is 77.1 cm³/mol. The second kappa shape index (κ2) is 5.95. The molecule has 0 bridgehead atoms. The lowest BCUT2D eigenvalue weighted by Crippen LogP contribution is -2.39. The molecular weight excluding hydrogens is 272 g/mol. The maximum Gasteiger partial charge on any atom is 0.325 e. The van der Waals surface area contributed by atoms with E-state index in [-0.39, 0.29) is 11.8 Å². The zero-order valence-corrected chi connectivity index (χ0v) is 12.0. The highest BCUT2D eigenvalue weighted by atomic mass is 16.4. The van der Waals surface area contributed by atoms with Crippen molar-refractivity contribution in [3.63, 3.8) is 0 Å². The van der Waals surface area contributed by atoms with Gasteiger partial charge in [0.05, 0.1) is 11.3 Å². The van der Waals surface area contributed by atoms with Crippen molar-refractivity contribution in [2.75, 3.05) is 11.9 Å². The Kier molecular flexibility index (Phi) is 4.26. The van der Waals surface area contributed by atoms with Gasteiger partial charge in [-0.1, -0.05) is 12.1 Å². The molecule has 0 aliphatic heterocycles. The molecule has 2 amide bonds. The van der Waals surface area contributed by atoms with Crippen LogP contribution < -0.4 is 10.2 Å². The fourth-order valence-corrected chi connectivity index (χ4v) is 2.02. The number of carboxylic acid groups (broad SMARTS) is 1. The standard InChI is InChI=1S/C15H18N2O4/c1-9(15(20)21)16-13(18)11-5-3-4-6-12(11)17(2)14(19)10-7-8-10/h3-6,9-10H,7-8H2,1-2H3,(H,16,18)(H,20,21)/t9-/m0/s1. The fourth-order valence-electron chi connectivity index (χ4n) is 2.02. The molecule has 1 aromatic carbocycles. The van der Waals surface area contributed by atoms with E-state index in [0.717, 1.165) is 12.8 Å². The number of anilines is 1. The van der Waals surface area contributed by atoms with Crippen molar-refractivity contribution in [3.05, 3.63) is 29.8 Å². The quantitative estimate of drug-likeness (QED) is 0.854. The number of nitrogens with one attached hydrogen (secondary N) is 1. The van der Waals surface area contributed by atoms with Crippen LogP contribution in [0.1, 0.15) is 30.1 Å². The van der Waals surface area contributed by atoms with Gasteiger partial charge in [0.15, 0.2) is 0 Å². The van der Waals surface area contributed by atoms with E-state index >= 15 is 0 Å². The second-order valence-electron chi connectivity index (χ2n) is 5.22. The molecule has 0 heterocycles. The van der Waals surface area contributed by atoms with Gasteiger partial charge in [0.1, 0.15) is 6.04 Å². The minimum atomic E-state index is -1.11. The van der Waals surface area contributed by atoms with E-state index in [4.69, 9.17) is 5.11 Å². The Bertz CT molecular complexity index is 581. The van der Waals surface area contributed by atoms with Crippen molar-refractivity contribution in [2.24, 2.45) is 5.92 Å². The van der Waals surface area contributed by atoms with Gasteiger partial charge in [-0.3, -0.25) is 14.4 Å². The topological polar surface area (TPSA) is 86.7 Å². The molecule has 6 nitrogen and oxygen atoms in total. The number of aliphatic carboxylic acids is 1. The lowest BCUT2D eigenvalue weighted by molar-refractivity contribution is -0.138. The number of para-hydroxylation sites is 1. The van der Waals surface area contributed by atoms with Gasteiger partial charge in [-0.15, -0.1) is 0 Å². The largest absolute Gasteiger partial charge is 0.480 e. The van der Waals surface area contributed by atoms with Crippen molar-refractivity contribution < 1.29 is 19.5 Å². The average molecular weight is 290 g/mol. The molecule has 21 heavy (non-hydrogen) atoms. The van der Waals surface area contributed by atoms with Gasteiger partial charge in [-0.2, -0.15) is 0 Å². The molecule has 1 aliphatic rings. The number of carbonyl (C=O) groups excluding carboxylic acids is 2. The number of benzene rings is 1.